The van der Waals surface area contributed by atoms with Gasteiger partial charge in [0.1, 0.15) is 24.4 Å². The molecular weight excluding hydrogens is 290 g/mol. The molecule has 1 aromatic carbocycles. The minimum absolute atomic E-state index is 0.151. The number of carbonyl (C=O) groups excluding carboxylic acids is 1. The van der Waals surface area contributed by atoms with Crippen LogP contribution >= 0.6 is 0 Å². The smallest absolute Gasteiger partial charge is 0.414 e. The lowest BCUT2D eigenvalue weighted by molar-refractivity contribution is 0.0241. The molecule has 1 amide bonds. The number of amides is 1. The number of nitriles is 1. The van der Waals surface area contributed by atoms with Crippen LogP contribution in [0, 0.1) is 11.3 Å². The molecule has 0 aliphatic carbocycles. The zero-order chi connectivity index (χ0) is 17.1. The van der Waals surface area contributed by atoms with Gasteiger partial charge in [-0.3, -0.25) is 0 Å². The molecule has 5 nitrogen and oxygen atoms in total. The lowest BCUT2D eigenvalue weighted by Gasteiger charge is -2.38. The number of carbonyl (C=O) groups is 1. The predicted octanol–water partition coefficient (Wildman–Crippen LogP) is 3.16. The molecule has 0 aromatic heterocycles. The summed E-state index contributed by atoms with van der Waals surface area (Å²) in [4.78, 5) is 12.9. The molecule has 0 radical (unpaired) electrons. The van der Waals surface area contributed by atoms with Gasteiger partial charge in [0, 0.05) is 25.2 Å². The fraction of sp³-hybridized carbons (Fsp3) is 0.556. The zero-order valence-electron chi connectivity index (χ0n) is 14.4. The van der Waals surface area contributed by atoms with E-state index < -0.39 is 5.60 Å². The van der Waals surface area contributed by atoms with Crippen molar-refractivity contribution in [2.75, 3.05) is 26.2 Å². The van der Waals surface area contributed by atoms with E-state index in [9.17, 15) is 4.79 Å². The molecule has 1 aliphatic rings. The summed E-state index contributed by atoms with van der Waals surface area (Å²) in [5, 5.41) is 12.3. The third-order valence-corrected chi connectivity index (χ3v) is 4.16. The highest BCUT2D eigenvalue weighted by atomic mass is 16.6. The Morgan fingerprint density at radius 2 is 1.83 bits per heavy atom. The average molecular weight is 316 g/mol. The van der Waals surface area contributed by atoms with Gasteiger partial charge in [-0.05, 0) is 33.3 Å². The van der Waals surface area contributed by atoms with Crippen LogP contribution in [-0.4, -0.2) is 37.9 Å². The Labute approximate surface area is 138 Å². The van der Waals surface area contributed by atoms with E-state index >= 15 is 0 Å². The van der Waals surface area contributed by atoms with E-state index in [0.717, 1.165) is 24.3 Å². The molecular formula is C18H26N3O2+. The Hall–Kier alpha value is -1.90. The monoisotopic (exact) mass is 316 g/mol. The lowest BCUT2D eigenvalue weighted by Crippen LogP contribution is -2.64. The first-order chi connectivity index (χ1) is 10.8. The SMILES string of the molecule is CC(C#N)c1ccc([N+]2(C(=O)OC(C)(C)C)CCNCC2)cc1. The first-order valence-electron chi connectivity index (χ1n) is 8.10. The second-order valence-corrected chi connectivity index (χ2v) is 7.09. The van der Waals surface area contributed by atoms with Gasteiger partial charge in [0.15, 0.2) is 0 Å². The summed E-state index contributed by atoms with van der Waals surface area (Å²) in [7, 11) is 0. The Balaban J connectivity index is 2.35. The fourth-order valence-corrected chi connectivity index (χ4v) is 2.80. The van der Waals surface area contributed by atoms with Gasteiger partial charge in [0.25, 0.3) is 0 Å². The maximum absolute atomic E-state index is 12.9. The van der Waals surface area contributed by atoms with Crippen LogP contribution in [0.2, 0.25) is 0 Å². The van der Waals surface area contributed by atoms with E-state index in [1.165, 1.54) is 0 Å². The van der Waals surface area contributed by atoms with Crippen molar-refractivity contribution in [3.63, 3.8) is 0 Å². The zero-order valence-corrected chi connectivity index (χ0v) is 14.4. The van der Waals surface area contributed by atoms with Gasteiger partial charge < -0.3 is 10.1 Å². The number of nitrogens with one attached hydrogen (secondary N) is 1. The number of rotatable bonds is 2. The van der Waals surface area contributed by atoms with E-state index in [1.807, 2.05) is 52.0 Å². The molecule has 0 spiro atoms. The fourth-order valence-electron chi connectivity index (χ4n) is 2.80. The molecule has 1 heterocycles. The molecule has 5 heteroatoms. The van der Waals surface area contributed by atoms with Crippen molar-refractivity contribution < 1.29 is 9.53 Å². The third kappa shape index (κ3) is 3.90. The average Bonchev–Trinajstić information content (AvgIpc) is 2.53. The van der Waals surface area contributed by atoms with E-state index in [-0.39, 0.29) is 16.5 Å². The highest BCUT2D eigenvalue weighted by Crippen LogP contribution is 2.29. The van der Waals surface area contributed by atoms with Crippen LogP contribution in [0.25, 0.3) is 0 Å². The number of quaternary nitrogens is 1. The molecule has 1 aromatic rings. The number of benzene rings is 1. The molecule has 1 saturated heterocycles. The summed E-state index contributed by atoms with van der Waals surface area (Å²) in [6.45, 7) is 10.4. The minimum Gasteiger partial charge on any atom is -0.414 e. The van der Waals surface area contributed by atoms with Crippen LogP contribution in [0.5, 0.6) is 0 Å². The quantitative estimate of drug-likeness (QED) is 0.851. The van der Waals surface area contributed by atoms with Crippen molar-refractivity contribution in [2.24, 2.45) is 0 Å². The van der Waals surface area contributed by atoms with E-state index in [1.54, 1.807) is 0 Å². The third-order valence-electron chi connectivity index (χ3n) is 4.16. The van der Waals surface area contributed by atoms with Crippen molar-refractivity contribution in [3.05, 3.63) is 29.8 Å². The van der Waals surface area contributed by atoms with Crippen LogP contribution in [0.3, 0.4) is 0 Å². The minimum atomic E-state index is -0.511. The van der Waals surface area contributed by atoms with Gasteiger partial charge in [0.05, 0.1) is 12.0 Å². The lowest BCUT2D eigenvalue weighted by atomic mass is 10.0. The molecule has 1 atom stereocenters. The number of piperazine rings is 1. The van der Waals surface area contributed by atoms with Gasteiger partial charge in [-0.25, -0.2) is 0 Å². The second kappa shape index (κ2) is 6.69. The van der Waals surface area contributed by atoms with E-state index in [0.29, 0.717) is 13.1 Å². The second-order valence-electron chi connectivity index (χ2n) is 7.09. The maximum Gasteiger partial charge on any atom is 0.521 e. The van der Waals surface area contributed by atoms with Crippen molar-refractivity contribution in [1.29, 1.82) is 5.26 Å². The summed E-state index contributed by atoms with van der Waals surface area (Å²) in [5.41, 5.74) is 1.38. The molecule has 2 rings (SSSR count). The van der Waals surface area contributed by atoms with Crippen LogP contribution in [0.1, 0.15) is 39.2 Å². The van der Waals surface area contributed by atoms with Gasteiger partial charge in [0.2, 0.25) is 0 Å². The summed E-state index contributed by atoms with van der Waals surface area (Å²) < 4.78 is 5.89. The first kappa shape index (κ1) is 17.5. The molecule has 1 unspecified atom stereocenters. The summed E-state index contributed by atoms with van der Waals surface area (Å²) in [6, 6.07) is 10.0. The highest BCUT2D eigenvalue weighted by molar-refractivity contribution is 5.83. The Morgan fingerprint density at radius 1 is 1.26 bits per heavy atom. The number of nitrogens with zero attached hydrogens (tertiary/aromatic N) is 2. The highest BCUT2D eigenvalue weighted by Gasteiger charge is 2.44. The maximum atomic E-state index is 12.9. The topological polar surface area (TPSA) is 62.1 Å². The molecule has 23 heavy (non-hydrogen) atoms. The number of hydrogen-bond acceptors (Lipinski definition) is 4. The normalized spacial score (nSPS) is 18.7. The van der Waals surface area contributed by atoms with Crippen LogP contribution < -0.4 is 9.80 Å². The standard InChI is InChI=1S/C18H26N3O2/c1-14(13-19)15-5-7-16(8-6-15)21(11-9-20-10-12-21)17(22)23-18(2,3)4/h5-8,14,20H,9-12H2,1-4H3/q+1. The Morgan fingerprint density at radius 3 is 2.30 bits per heavy atom. The molecule has 0 saturated carbocycles. The van der Waals surface area contributed by atoms with Crippen molar-refractivity contribution in [3.8, 4) is 6.07 Å². The van der Waals surface area contributed by atoms with E-state index in [2.05, 4.69) is 11.4 Å². The summed E-state index contributed by atoms with van der Waals surface area (Å²) >= 11 is 0. The van der Waals surface area contributed by atoms with Crippen molar-refractivity contribution in [1.82, 2.24) is 9.80 Å². The predicted molar refractivity (Wildman–Crippen MR) is 91.1 cm³/mol. The van der Waals surface area contributed by atoms with Gasteiger partial charge in [-0.2, -0.15) is 14.5 Å². The van der Waals surface area contributed by atoms with Gasteiger partial charge in [-0.1, -0.05) is 12.1 Å². The Kier molecular flexibility index (Phi) is 5.08. The van der Waals surface area contributed by atoms with Gasteiger partial charge >= 0.3 is 6.09 Å². The van der Waals surface area contributed by atoms with Crippen LogP contribution in [0.4, 0.5) is 10.5 Å². The molecule has 0 bridgehead atoms. The Bertz CT molecular complexity index is 590. The summed E-state index contributed by atoms with van der Waals surface area (Å²) in [6.07, 6.45) is -0.208. The van der Waals surface area contributed by atoms with Crippen LogP contribution in [-0.2, 0) is 4.74 Å². The summed E-state index contributed by atoms with van der Waals surface area (Å²) in [5.74, 6) is -0.151. The van der Waals surface area contributed by atoms with Crippen molar-refractivity contribution in [2.45, 2.75) is 39.2 Å². The first-order valence-corrected chi connectivity index (χ1v) is 8.10. The number of hydrogen-bond donors (Lipinski definition) is 1. The van der Waals surface area contributed by atoms with Crippen LogP contribution in [0.15, 0.2) is 24.3 Å². The largest absolute Gasteiger partial charge is 0.521 e. The van der Waals surface area contributed by atoms with E-state index in [4.69, 9.17) is 10.00 Å². The number of ether oxygens (including phenoxy) is 1. The molecule has 1 fully saturated rings. The van der Waals surface area contributed by atoms with Gasteiger partial charge in [-0.15, -0.1) is 0 Å². The molecule has 1 aliphatic heterocycles. The molecule has 1 N–H and O–H groups in total. The molecule has 124 valence electrons. The van der Waals surface area contributed by atoms with Crippen molar-refractivity contribution >= 4 is 11.8 Å².